The summed E-state index contributed by atoms with van der Waals surface area (Å²) >= 11 is 0. The highest BCUT2D eigenvalue weighted by molar-refractivity contribution is 5.78. The number of anilines is 1. The van der Waals surface area contributed by atoms with E-state index in [-0.39, 0.29) is 11.8 Å². The lowest BCUT2D eigenvalue weighted by Crippen LogP contribution is -2.40. The fourth-order valence-corrected chi connectivity index (χ4v) is 2.29. The third kappa shape index (κ3) is 3.09. The van der Waals surface area contributed by atoms with Crippen molar-refractivity contribution in [1.29, 1.82) is 0 Å². The zero-order valence-electron chi connectivity index (χ0n) is 12.0. The van der Waals surface area contributed by atoms with Crippen molar-refractivity contribution < 1.29 is 14.3 Å². The Bertz CT molecular complexity index is 450. The van der Waals surface area contributed by atoms with E-state index in [1.54, 1.807) is 27.3 Å². The number of ether oxygens (including phenoxy) is 2. The lowest BCUT2D eigenvalue weighted by Gasteiger charge is -2.31. The predicted octanol–water partition coefficient (Wildman–Crippen LogP) is 0.456. The summed E-state index contributed by atoms with van der Waals surface area (Å²) in [6.45, 7) is 1.49. The lowest BCUT2D eigenvalue weighted by atomic mass is 9.96. The van der Waals surface area contributed by atoms with Gasteiger partial charge < -0.3 is 19.7 Å². The van der Waals surface area contributed by atoms with Gasteiger partial charge in [-0.1, -0.05) is 0 Å². The summed E-state index contributed by atoms with van der Waals surface area (Å²) in [6.07, 6.45) is 1.59. The average molecular weight is 280 g/mol. The van der Waals surface area contributed by atoms with E-state index in [4.69, 9.17) is 9.47 Å². The van der Waals surface area contributed by atoms with Crippen molar-refractivity contribution in [2.45, 2.75) is 12.8 Å². The molecule has 7 heteroatoms. The molecule has 0 aromatic carbocycles. The minimum atomic E-state index is 0.0729. The molecule has 0 unspecified atom stereocenters. The van der Waals surface area contributed by atoms with Crippen LogP contribution in [0.4, 0.5) is 5.95 Å². The number of hydrogen-bond donors (Lipinski definition) is 1. The smallest absolute Gasteiger partial charge is 0.231 e. The molecular formula is C13H20N4O3. The topological polar surface area (TPSA) is 76.6 Å². The number of nitrogens with one attached hydrogen (secondary N) is 1. The van der Waals surface area contributed by atoms with Crippen molar-refractivity contribution in [3.8, 4) is 11.8 Å². The third-order valence-electron chi connectivity index (χ3n) is 3.48. The Morgan fingerprint density at radius 1 is 1.25 bits per heavy atom. The molecule has 1 fully saturated rings. The Balaban J connectivity index is 2.08. The van der Waals surface area contributed by atoms with Gasteiger partial charge in [0.1, 0.15) is 0 Å². The number of nitrogens with zero attached hydrogens (tertiary/aromatic N) is 3. The van der Waals surface area contributed by atoms with Gasteiger partial charge in [-0.25, -0.2) is 0 Å². The first-order valence-electron chi connectivity index (χ1n) is 6.61. The van der Waals surface area contributed by atoms with Crippen LogP contribution in [0.1, 0.15) is 12.8 Å². The van der Waals surface area contributed by atoms with Crippen LogP contribution in [0.3, 0.4) is 0 Å². The summed E-state index contributed by atoms with van der Waals surface area (Å²) in [5, 5.41) is 2.70. The maximum absolute atomic E-state index is 11.6. The van der Waals surface area contributed by atoms with Crippen LogP contribution < -0.4 is 19.7 Å². The van der Waals surface area contributed by atoms with Crippen molar-refractivity contribution in [1.82, 2.24) is 15.3 Å². The molecule has 0 radical (unpaired) electrons. The van der Waals surface area contributed by atoms with Crippen LogP contribution in [0.5, 0.6) is 11.8 Å². The van der Waals surface area contributed by atoms with Crippen LogP contribution in [0.2, 0.25) is 0 Å². The summed E-state index contributed by atoms with van der Waals surface area (Å²) in [5.74, 6) is 1.70. The first-order valence-corrected chi connectivity index (χ1v) is 6.61. The van der Waals surface area contributed by atoms with E-state index in [2.05, 4.69) is 15.3 Å². The largest absolute Gasteiger partial charge is 0.481 e. The fraction of sp³-hybridized carbons (Fsp3) is 0.615. The Morgan fingerprint density at radius 3 is 2.25 bits per heavy atom. The van der Waals surface area contributed by atoms with Crippen molar-refractivity contribution >= 4 is 11.9 Å². The van der Waals surface area contributed by atoms with Gasteiger partial charge in [-0.3, -0.25) is 4.79 Å². The molecule has 2 rings (SSSR count). The van der Waals surface area contributed by atoms with Crippen LogP contribution in [-0.2, 0) is 4.79 Å². The zero-order chi connectivity index (χ0) is 14.5. The molecule has 110 valence electrons. The molecule has 0 saturated carbocycles. The Morgan fingerprint density at radius 2 is 1.80 bits per heavy atom. The van der Waals surface area contributed by atoms with Crippen LogP contribution in [0, 0.1) is 5.92 Å². The molecular weight excluding hydrogens is 260 g/mol. The van der Waals surface area contributed by atoms with E-state index in [1.807, 2.05) is 4.90 Å². The minimum absolute atomic E-state index is 0.0729. The highest BCUT2D eigenvalue weighted by atomic mass is 16.5. The molecule has 1 aromatic heterocycles. The van der Waals surface area contributed by atoms with Gasteiger partial charge in [0.2, 0.25) is 23.6 Å². The Labute approximate surface area is 118 Å². The lowest BCUT2D eigenvalue weighted by molar-refractivity contribution is -0.125. The molecule has 1 aromatic rings. The van der Waals surface area contributed by atoms with Gasteiger partial charge in [0.25, 0.3) is 0 Å². The maximum atomic E-state index is 11.6. The number of piperidine rings is 1. The van der Waals surface area contributed by atoms with E-state index < -0.39 is 0 Å². The Hall–Kier alpha value is -2.05. The van der Waals surface area contributed by atoms with Crippen molar-refractivity contribution in [3.63, 3.8) is 0 Å². The zero-order valence-corrected chi connectivity index (χ0v) is 12.0. The van der Waals surface area contributed by atoms with Crippen LogP contribution >= 0.6 is 0 Å². The second-order valence-electron chi connectivity index (χ2n) is 4.63. The van der Waals surface area contributed by atoms with Crippen LogP contribution in [-0.4, -0.2) is 50.2 Å². The molecule has 0 spiro atoms. The molecule has 0 atom stereocenters. The molecule has 20 heavy (non-hydrogen) atoms. The Kier molecular flexibility index (Phi) is 4.60. The highest BCUT2D eigenvalue weighted by Crippen LogP contribution is 2.24. The van der Waals surface area contributed by atoms with Crippen molar-refractivity contribution in [3.05, 3.63) is 6.07 Å². The number of amides is 1. The predicted molar refractivity (Wildman–Crippen MR) is 74.1 cm³/mol. The van der Waals surface area contributed by atoms with Gasteiger partial charge in [0.05, 0.1) is 20.3 Å². The number of rotatable bonds is 4. The molecule has 2 heterocycles. The molecule has 0 bridgehead atoms. The highest BCUT2D eigenvalue weighted by Gasteiger charge is 2.26. The maximum Gasteiger partial charge on any atom is 0.231 e. The number of hydrogen-bond acceptors (Lipinski definition) is 6. The minimum Gasteiger partial charge on any atom is -0.481 e. The van der Waals surface area contributed by atoms with Crippen molar-refractivity contribution in [2.24, 2.45) is 5.92 Å². The second kappa shape index (κ2) is 6.40. The molecule has 0 aliphatic carbocycles. The van der Waals surface area contributed by atoms with E-state index in [0.29, 0.717) is 17.7 Å². The first kappa shape index (κ1) is 14.4. The van der Waals surface area contributed by atoms with Crippen LogP contribution in [0.25, 0.3) is 0 Å². The number of carbonyl (C=O) groups is 1. The average Bonchev–Trinajstić information content (AvgIpc) is 2.53. The summed E-state index contributed by atoms with van der Waals surface area (Å²) in [7, 11) is 4.79. The summed E-state index contributed by atoms with van der Waals surface area (Å²) in [6, 6.07) is 1.64. The summed E-state index contributed by atoms with van der Waals surface area (Å²) in [5.41, 5.74) is 0. The number of carbonyl (C=O) groups excluding carboxylic acids is 1. The van der Waals surface area contributed by atoms with Crippen LogP contribution in [0.15, 0.2) is 6.07 Å². The van der Waals surface area contributed by atoms with E-state index in [0.717, 1.165) is 25.9 Å². The first-order chi connectivity index (χ1) is 9.67. The molecule has 7 nitrogen and oxygen atoms in total. The standard InChI is InChI=1S/C13H20N4O3/c1-14-12(18)9-4-6-17(7-5-9)13-15-10(19-2)8-11(16-13)20-3/h8-9H,4-7H2,1-3H3,(H,14,18). The van der Waals surface area contributed by atoms with E-state index in [1.165, 1.54) is 0 Å². The SMILES string of the molecule is CNC(=O)C1CCN(c2nc(OC)cc(OC)n2)CC1. The van der Waals surface area contributed by atoms with Gasteiger partial charge >= 0.3 is 0 Å². The second-order valence-corrected chi connectivity index (χ2v) is 4.63. The van der Waals surface area contributed by atoms with Gasteiger partial charge in [-0.15, -0.1) is 0 Å². The normalized spacial score (nSPS) is 15.8. The number of methoxy groups -OCH3 is 2. The monoisotopic (exact) mass is 280 g/mol. The van der Waals surface area contributed by atoms with Gasteiger partial charge in [0, 0.05) is 26.1 Å². The quantitative estimate of drug-likeness (QED) is 0.863. The fourth-order valence-electron chi connectivity index (χ4n) is 2.29. The molecule has 1 N–H and O–H groups in total. The van der Waals surface area contributed by atoms with E-state index in [9.17, 15) is 4.79 Å². The molecule has 1 aliphatic rings. The van der Waals surface area contributed by atoms with Gasteiger partial charge in [-0.2, -0.15) is 9.97 Å². The molecule has 1 aliphatic heterocycles. The van der Waals surface area contributed by atoms with Gasteiger partial charge in [-0.05, 0) is 12.8 Å². The summed E-state index contributed by atoms with van der Waals surface area (Å²) < 4.78 is 10.3. The molecule has 1 saturated heterocycles. The van der Waals surface area contributed by atoms with Crippen molar-refractivity contribution in [2.75, 3.05) is 39.3 Å². The van der Waals surface area contributed by atoms with Gasteiger partial charge in [0.15, 0.2) is 0 Å². The summed E-state index contributed by atoms with van der Waals surface area (Å²) in [4.78, 5) is 22.3. The van der Waals surface area contributed by atoms with E-state index >= 15 is 0 Å². The molecule has 1 amide bonds. The number of aromatic nitrogens is 2. The third-order valence-corrected chi connectivity index (χ3v) is 3.48.